The lowest BCUT2D eigenvalue weighted by molar-refractivity contribution is 1.13. The van der Waals surface area contributed by atoms with Gasteiger partial charge in [-0.25, -0.2) is 4.98 Å². The van der Waals surface area contributed by atoms with Crippen LogP contribution >= 0.6 is 38.9 Å². The van der Waals surface area contributed by atoms with Gasteiger partial charge in [0.15, 0.2) is 4.47 Å². The first-order valence-electron chi connectivity index (χ1n) is 6.11. The summed E-state index contributed by atoms with van der Waals surface area (Å²) in [5, 5.41) is 6.98. The van der Waals surface area contributed by atoms with Crippen molar-refractivity contribution in [3.63, 3.8) is 0 Å². The molecule has 100 valence electrons. The fourth-order valence-corrected chi connectivity index (χ4v) is 3.24. The minimum atomic E-state index is 0.584. The second-order valence-corrected chi connectivity index (χ2v) is 7.07. The molecule has 1 aromatic carbocycles. The van der Waals surface area contributed by atoms with Crippen molar-refractivity contribution >= 4 is 50.2 Å². The van der Waals surface area contributed by atoms with Crippen molar-refractivity contribution in [2.75, 3.05) is 10.6 Å². The zero-order valence-corrected chi connectivity index (χ0v) is 13.3. The van der Waals surface area contributed by atoms with Gasteiger partial charge >= 0.3 is 0 Å². The average Bonchev–Trinajstić information content (AvgIpc) is 3.10. The number of hydrogen-bond donors (Lipinski definition) is 2. The van der Waals surface area contributed by atoms with E-state index >= 15 is 0 Å². The van der Waals surface area contributed by atoms with Crippen LogP contribution in [0.25, 0.3) is 0 Å². The lowest BCUT2D eigenvalue weighted by atomic mass is 10.2. The third kappa shape index (κ3) is 3.41. The molecule has 0 atom stereocenters. The molecular formula is C13H13BrClN3S. The number of nitrogens with one attached hydrogen (secondary N) is 2. The van der Waals surface area contributed by atoms with Crippen LogP contribution in [-0.4, -0.2) is 11.0 Å². The van der Waals surface area contributed by atoms with Crippen LogP contribution in [0.3, 0.4) is 0 Å². The largest absolute Gasteiger partial charge is 0.381 e. The molecule has 6 heteroatoms. The highest BCUT2D eigenvalue weighted by molar-refractivity contribution is 9.10. The molecule has 2 N–H and O–H groups in total. The van der Waals surface area contributed by atoms with Gasteiger partial charge in [-0.15, -0.1) is 11.3 Å². The molecule has 0 radical (unpaired) electrons. The summed E-state index contributed by atoms with van der Waals surface area (Å²) in [5.74, 6) is 0. The fourth-order valence-electron chi connectivity index (χ4n) is 1.81. The zero-order chi connectivity index (χ0) is 13.2. The second-order valence-electron chi connectivity index (χ2n) is 4.51. The Kier molecular flexibility index (Phi) is 3.96. The van der Waals surface area contributed by atoms with Crippen LogP contribution in [0.4, 0.5) is 11.4 Å². The van der Waals surface area contributed by atoms with Crippen molar-refractivity contribution in [1.29, 1.82) is 0 Å². The van der Waals surface area contributed by atoms with E-state index in [1.165, 1.54) is 24.2 Å². The predicted octanol–water partition coefficient (Wildman–Crippen LogP) is 4.75. The van der Waals surface area contributed by atoms with Gasteiger partial charge in [-0.2, -0.15) is 0 Å². The molecule has 1 heterocycles. The van der Waals surface area contributed by atoms with E-state index in [9.17, 15) is 0 Å². The Labute approximate surface area is 129 Å². The summed E-state index contributed by atoms with van der Waals surface area (Å²) in [4.78, 5) is 5.17. The molecular weight excluding hydrogens is 346 g/mol. The van der Waals surface area contributed by atoms with Gasteiger partial charge in [-0.1, -0.05) is 17.7 Å². The summed E-state index contributed by atoms with van der Waals surface area (Å²) in [5.41, 5.74) is 2.24. The van der Waals surface area contributed by atoms with Gasteiger partial charge in [0.05, 0.1) is 17.9 Å². The number of hydrogen-bond acceptors (Lipinski definition) is 4. The van der Waals surface area contributed by atoms with Crippen LogP contribution in [0, 0.1) is 0 Å². The van der Waals surface area contributed by atoms with Crippen LogP contribution in [-0.2, 0) is 6.54 Å². The van der Waals surface area contributed by atoms with Crippen LogP contribution in [0.5, 0.6) is 0 Å². The molecule has 0 aliphatic heterocycles. The number of nitrogens with zero attached hydrogens (tertiary/aromatic N) is 1. The molecule has 1 aliphatic carbocycles. The van der Waals surface area contributed by atoms with Crippen molar-refractivity contribution in [2.45, 2.75) is 25.4 Å². The highest BCUT2D eigenvalue weighted by Crippen LogP contribution is 2.35. The fraction of sp³-hybridized carbons (Fsp3) is 0.308. The van der Waals surface area contributed by atoms with E-state index in [2.05, 4.69) is 37.6 Å². The number of benzene rings is 1. The van der Waals surface area contributed by atoms with Crippen molar-refractivity contribution in [2.24, 2.45) is 0 Å². The molecule has 1 fully saturated rings. The van der Waals surface area contributed by atoms with Gasteiger partial charge in [0.1, 0.15) is 0 Å². The first kappa shape index (κ1) is 13.2. The van der Waals surface area contributed by atoms with Gasteiger partial charge in [0.2, 0.25) is 0 Å². The summed E-state index contributed by atoms with van der Waals surface area (Å²) in [7, 11) is 0. The Morgan fingerprint density at radius 2 is 2.26 bits per heavy atom. The van der Waals surface area contributed by atoms with E-state index in [0.717, 1.165) is 27.3 Å². The van der Waals surface area contributed by atoms with E-state index in [-0.39, 0.29) is 0 Å². The maximum atomic E-state index is 5.84. The Morgan fingerprint density at radius 1 is 1.42 bits per heavy atom. The Morgan fingerprint density at radius 3 is 2.95 bits per heavy atom. The number of rotatable bonds is 5. The zero-order valence-electron chi connectivity index (χ0n) is 10.1. The predicted molar refractivity (Wildman–Crippen MR) is 85.2 cm³/mol. The van der Waals surface area contributed by atoms with Gasteiger partial charge in [-0.3, -0.25) is 0 Å². The Hall–Kier alpha value is -0.780. The summed E-state index contributed by atoms with van der Waals surface area (Å²) in [6.45, 7) is 0.729. The maximum Gasteiger partial charge on any atom is 0.183 e. The normalized spacial score (nSPS) is 14.4. The summed E-state index contributed by atoms with van der Waals surface area (Å²) >= 11 is 10.9. The summed E-state index contributed by atoms with van der Waals surface area (Å²) in [6.07, 6.45) is 4.33. The minimum absolute atomic E-state index is 0.584. The summed E-state index contributed by atoms with van der Waals surface area (Å²) in [6, 6.07) is 6.82. The number of aromatic nitrogens is 1. The molecule has 1 aromatic heterocycles. The number of para-hydroxylation sites is 1. The molecule has 1 aliphatic rings. The molecule has 0 amide bonds. The first-order chi connectivity index (χ1) is 9.22. The molecule has 3 nitrogen and oxygen atoms in total. The third-order valence-electron chi connectivity index (χ3n) is 2.92. The molecule has 0 spiro atoms. The molecule has 2 aromatic rings. The molecule has 1 saturated carbocycles. The van der Waals surface area contributed by atoms with Gasteiger partial charge in [0.25, 0.3) is 0 Å². The highest BCUT2D eigenvalue weighted by Gasteiger charge is 2.22. The quantitative estimate of drug-likeness (QED) is 0.810. The topological polar surface area (TPSA) is 37.0 Å². The first-order valence-corrected chi connectivity index (χ1v) is 8.10. The van der Waals surface area contributed by atoms with E-state index in [1.54, 1.807) is 0 Å². The van der Waals surface area contributed by atoms with Crippen molar-refractivity contribution in [3.8, 4) is 0 Å². The van der Waals surface area contributed by atoms with Crippen molar-refractivity contribution in [1.82, 2.24) is 4.98 Å². The maximum absolute atomic E-state index is 5.84. The van der Waals surface area contributed by atoms with E-state index in [1.807, 2.05) is 18.3 Å². The highest BCUT2D eigenvalue weighted by atomic mass is 79.9. The second kappa shape index (κ2) is 5.69. The van der Waals surface area contributed by atoms with E-state index in [4.69, 9.17) is 11.6 Å². The summed E-state index contributed by atoms with van der Waals surface area (Å²) < 4.78 is 1.65. The number of anilines is 2. The molecule has 0 saturated heterocycles. The van der Waals surface area contributed by atoms with Gasteiger partial charge in [0, 0.05) is 21.6 Å². The third-order valence-corrected chi connectivity index (χ3v) is 4.69. The lowest BCUT2D eigenvalue weighted by Crippen LogP contribution is -2.06. The van der Waals surface area contributed by atoms with Crippen LogP contribution in [0.2, 0.25) is 4.47 Å². The monoisotopic (exact) mass is 357 g/mol. The lowest BCUT2D eigenvalue weighted by Gasteiger charge is -2.14. The van der Waals surface area contributed by atoms with Crippen LogP contribution in [0.15, 0.2) is 28.9 Å². The Balaban J connectivity index is 1.74. The SMILES string of the molecule is Clc1ncc(CNc2c(Br)cccc2NC2CC2)s1. The average molecular weight is 359 g/mol. The molecule has 3 rings (SSSR count). The number of halogens is 2. The van der Waals surface area contributed by atoms with Crippen LogP contribution in [0.1, 0.15) is 17.7 Å². The smallest absolute Gasteiger partial charge is 0.183 e. The molecule has 19 heavy (non-hydrogen) atoms. The minimum Gasteiger partial charge on any atom is -0.381 e. The standard InChI is InChI=1S/C13H13BrClN3S/c14-10-2-1-3-11(18-8-4-5-8)12(10)16-6-9-7-17-13(15)19-9/h1-3,7-8,16,18H,4-6H2. The molecule has 0 unspecified atom stereocenters. The van der Waals surface area contributed by atoms with Crippen LogP contribution < -0.4 is 10.6 Å². The van der Waals surface area contributed by atoms with Crippen molar-refractivity contribution in [3.05, 3.63) is 38.2 Å². The molecule has 0 bridgehead atoms. The van der Waals surface area contributed by atoms with Gasteiger partial charge < -0.3 is 10.6 Å². The number of thiazole rings is 1. The van der Waals surface area contributed by atoms with E-state index in [0.29, 0.717) is 10.5 Å². The van der Waals surface area contributed by atoms with Crippen molar-refractivity contribution < 1.29 is 0 Å². The Bertz CT molecular complexity index is 583. The van der Waals surface area contributed by atoms with E-state index < -0.39 is 0 Å². The van der Waals surface area contributed by atoms with Gasteiger partial charge in [-0.05, 0) is 40.9 Å².